The van der Waals surface area contributed by atoms with Gasteiger partial charge in [0.15, 0.2) is 0 Å². The Kier molecular flexibility index (Phi) is 6.16. The van der Waals surface area contributed by atoms with E-state index >= 15 is 0 Å². The predicted molar refractivity (Wildman–Crippen MR) is 119 cm³/mol. The number of carbonyl (C=O) groups excluding carboxylic acids is 1. The molecule has 5 nitrogen and oxygen atoms in total. The molecule has 0 radical (unpaired) electrons. The first kappa shape index (κ1) is 19.9. The molecule has 152 valence electrons. The lowest BCUT2D eigenvalue weighted by Gasteiger charge is -2.26. The van der Waals surface area contributed by atoms with Crippen LogP contribution in [-0.2, 0) is 13.1 Å². The molecule has 1 amide bonds. The lowest BCUT2D eigenvalue weighted by molar-refractivity contribution is 0.102. The van der Waals surface area contributed by atoms with E-state index in [4.69, 9.17) is 16.6 Å². The second-order valence-corrected chi connectivity index (χ2v) is 8.06. The third kappa shape index (κ3) is 4.46. The first-order valence-corrected chi connectivity index (χ1v) is 10.8. The molecular weight excluding hydrogens is 384 g/mol. The van der Waals surface area contributed by atoms with Crippen molar-refractivity contribution in [2.45, 2.75) is 45.7 Å². The average Bonchev–Trinajstić information content (AvgIpc) is 3.05. The predicted octanol–water partition coefficient (Wildman–Crippen LogP) is 5.34. The Balaban J connectivity index is 1.59. The van der Waals surface area contributed by atoms with E-state index in [-0.39, 0.29) is 5.91 Å². The van der Waals surface area contributed by atoms with Crippen LogP contribution in [0.5, 0.6) is 0 Å². The maximum Gasteiger partial charge on any atom is 0.257 e. The highest BCUT2D eigenvalue weighted by Gasteiger charge is 2.17. The van der Waals surface area contributed by atoms with Crippen LogP contribution in [0.2, 0.25) is 5.02 Å². The number of halogens is 1. The highest BCUT2D eigenvalue weighted by atomic mass is 35.5. The fourth-order valence-electron chi connectivity index (χ4n) is 4.01. The summed E-state index contributed by atoms with van der Waals surface area (Å²) in [4.78, 5) is 20.0. The number of rotatable bonds is 6. The molecule has 6 heteroatoms. The van der Waals surface area contributed by atoms with E-state index in [1.54, 1.807) is 12.1 Å². The van der Waals surface area contributed by atoms with Crippen LogP contribution in [0.4, 0.5) is 5.69 Å². The number of hydrogen-bond acceptors (Lipinski definition) is 3. The van der Waals surface area contributed by atoms with Crippen molar-refractivity contribution in [1.29, 1.82) is 0 Å². The number of fused-ring (bicyclic) bond motifs is 1. The molecule has 3 aromatic rings. The van der Waals surface area contributed by atoms with Crippen LogP contribution in [-0.4, -0.2) is 33.4 Å². The van der Waals surface area contributed by atoms with Crippen molar-refractivity contribution in [1.82, 2.24) is 14.5 Å². The summed E-state index contributed by atoms with van der Waals surface area (Å²) in [5.74, 6) is 0.898. The summed E-state index contributed by atoms with van der Waals surface area (Å²) in [5, 5.41) is 3.40. The highest BCUT2D eigenvalue weighted by Crippen LogP contribution is 2.24. The number of hydrogen-bond donors (Lipinski definition) is 1. The van der Waals surface area contributed by atoms with Crippen LogP contribution in [0.3, 0.4) is 0 Å². The van der Waals surface area contributed by atoms with Crippen molar-refractivity contribution in [3.05, 3.63) is 58.9 Å². The number of nitrogens with one attached hydrogen (secondary N) is 1. The van der Waals surface area contributed by atoms with E-state index in [1.807, 2.05) is 24.3 Å². The van der Waals surface area contributed by atoms with Gasteiger partial charge in [-0.05, 0) is 62.7 Å². The van der Waals surface area contributed by atoms with Gasteiger partial charge in [0, 0.05) is 12.2 Å². The maximum absolute atomic E-state index is 12.6. The number of benzene rings is 2. The molecule has 0 saturated carbocycles. The number of likely N-dealkylation sites (tertiary alicyclic amines) is 1. The molecule has 1 aromatic heterocycles. The van der Waals surface area contributed by atoms with Gasteiger partial charge >= 0.3 is 0 Å². The number of anilines is 1. The fourth-order valence-corrected chi connectivity index (χ4v) is 4.23. The summed E-state index contributed by atoms with van der Waals surface area (Å²) in [6.07, 6.45) is 4.93. The molecule has 0 bridgehead atoms. The van der Waals surface area contributed by atoms with Crippen LogP contribution in [0.15, 0.2) is 42.5 Å². The van der Waals surface area contributed by atoms with Gasteiger partial charge in [0.2, 0.25) is 0 Å². The second kappa shape index (κ2) is 8.97. The van der Waals surface area contributed by atoms with E-state index in [0.717, 1.165) is 55.1 Å². The number of carbonyl (C=O) groups is 1. The molecule has 2 aromatic carbocycles. The van der Waals surface area contributed by atoms with Gasteiger partial charge in [0.1, 0.15) is 5.82 Å². The van der Waals surface area contributed by atoms with Gasteiger partial charge in [-0.15, -0.1) is 0 Å². The van der Waals surface area contributed by atoms with E-state index in [2.05, 4.69) is 27.8 Å². The van der Waals surface area contributed by atoms with Crippen molar-refractivity contribution in [2.24, 2.45) is 0 Å². The Hall–Kier alpha value is -2.37. The van der Waals surface area contributed by atoms with E-state index < -0.39 is 0 Å². The summed E-state index contributed by atoms with van der Waals surface area (Å²) in [7, 11) is 0. The van der Waals surface area contributed by atoms with Gasteiger partial charge in [-0.25, -0.2) is 4.98 Å². The van der Waals surface area contributed by atoms with E-state index in [0.29, 0.717) is 10.6 Å². The number of imidazole rings is 1. The topological polar surface area (TPSA) is 50.2 Å². The number of nitrogens with zero attached hydrogens (tertiary/aromatic N) is 3. The van der Waals surface area contributed by atoms with E-state index in [1.165, 1.54) is 19.3 Å². The maximum atomic E-state index is 12.6. The Morgan fingerprint density at radius 2 is 1.93 bits per heavy atom. The van der Waals surface area contributed by atoms with Gasteiger partial charge in [-0.2, -0.15) is 0 Å². The molecule has 1 aliphatic rings. The first-order chi connectivity index (χ1) is 14.2. The minimum Gasteiger partial charge on any atom is -0.327 e. The smallest absolute Gasteiger partial charge is 0.257 e. The quantitative estimate of drug-likeness (QED) is 0.596. The van der Waals surface area contributed by atoms with Gasteiger partial charge in [0.05, 0.1) is 28.2 Å². The highest BCUT2D eigenvalue weighted by molar-refractivity contribution is 6.34. The molecule has 1 fully saturated rings. The number of aryl methyl sites for hydroxylation is 1. The molecule has 1 N–H and O–H groups in total. The van der Waals surface area contributed by atoms with Crippen molar-refractivity contribution >= 4 is 34.2 Å². The zero-order valence-electron chi connectivity index (χ0n) is 16.8. The summed E-state index contributed by atoms with van der Waals surface area (Å²) in [6, 6.07) is 13.0. The molecule has 2 heterocycles. The molecule has 4 rings (SSSR count). The molecule has 1 saturated heterocycles. The summed E-state index contributed by atoms with van der Waals surface area (Å²) in [6.45, 7) is 6.32. The second-order valence-electron chi connectivity index (χ2n) is 7.65. The van der Waals surface area contributed by atoms with Gasteiger partial charge in [-0.3, -0.25) is 9.69 Å². The summed E-state index contributed by atoms with van der Waals surface area (Å²) < 4.78 is 2.32. The third-order valence-corrected chi connectivity index (χ3v) is 5.79. The van der Waals surface area contributed by atoms with Crippen LogP contribution < -0.4 is 5.32 Å². The zero-order chi connectivity index (χ0) is 20.2. The standard InChI is InChI=1S/C23H27ClN4O/c1-2-12-28-21-11-10-17(25-23(29)18-8-4-5-9-19(18)24)15-20(21)26-22(28)16-27-13-6-3-7-14-27/h4-5,8-11,15H,2-3,6-7,12-14,16H2,1H3,(H,25,29). The van der Waals surface area contributed by atoms with Crippen molar-refractivity contribution in [3.63, 3.8) is 0 Å². The Labute approximate surface area is 176 Å². The lowest BCUT2D eigenvalue weighted by atomic mass is 10.1. The first-order valence-electron chi connectivity index (χ1n) is 10.4. The SMILES string of the molecule is CCCn1c(CN2CCCCC2)nc2cc(NC(=O)c3ccccc3Cl)ccc21. The average molecular weight is 411 g/mol. The third-order valence-electron chi connectivity index (χ3n) is 5.46. The number of piperidine rings is 1. The van der Waals surface area contributed by atoms with E-state index in [9.17, 15) is 4.79 Å². The van der Waals surface area contributed by atoms with Crippen LogP contribution in [0.1, 0.15) is 48.8 Å². The monoisotopic (exact) mass is 410 g/mol. The number of aromatic nitrogens is 2. The summed E-state index contributed by atoms with van der Waals surface area (Å²) >= 11 is 6.15. The zero-order valence-corrected chi connectivity index (χ0v) is 17.6. The van der Waals surface area contributed by atoms with Crippen molar-refractivity contribution in [3.8, 4) is 0 Å². The molecule has 1 aliphatic heterocycles. The van der Waals surface area contributed by atoms with Crippen LogP contribution >= 0.6 is 11.6 Å². The molecule has 0 atom stereocenters. The van der Waals surface area contributed by atoms with Crippen molar-refractivity contribution < 1.29 is 4.79 Å². The van der Waals surface area contributed by atoms with Crippen LogP contribution in [0.25, 0.3) is 11.0 Å². The minimum absolute atomic E-state index is 0.212. The molecule has 0 aliphatic carbocycles. The lowest BCUT2D eigenvalue weighted by Crippen LogP contribution is -2.30. The molecular formula is C23H27ClN4O. The minimum atomic E-state index is -0.212. The number of amides is 1. The fraction of sp³-hybridized carbons (Fsp3) is 0.391. The van der Waals surface area contributed by atoms with Crippen molar-refractivity contribution in [2.75, 3.05) is 18.4 Å². The van der Waals surface area contributed by atoms with Gasteiger partial charge < -0.3 is 9.88 Å². The largest absolute Gasteiger partial charge is 0.327 e. The van der Waals surface area contributed by atoms with Crippen LogP contribution in [0, 0.1) is 0 Å². The Bertz CT molecular complexity index is 1010. The van der Waals surface area contributed by atoms with Gasteiger partial charge in [0.25, 0.3) is 5.91 Å². The van der Waals surface area contributed by atoms with Gasteiger partial charge in [-0.1, -0.05) is 37.1 Å². The molecule has 0 unspecified atom stereocenters. The summed E-state index contributed by atoms with van der Waals surface area (Å²) in [5.41, 5.74) is 3.24. The molecule has 0 spiro atoms. The Morgan fingerprint density at radius 1 is 1.14 bits per heavy atom. The molecule has 29 heavy (non-hydrogen) atoms. The Morgan fingerprint density at radius 3 is 2.69 bits per heavy atom. The normalized spacial score (nSPS) is 15.0.